The van der Waals surface area contributed by atoms with E-state index in [1.165, 1.54) is 6.07 Å². The van der Waals surface area contributed by atoms with E-state index in [4.69, 9.17) is 35.7 Å². The largest absolute Gasteiger partial charge is 0.487 e. The number of alkyl halides is 2. The van der Waals surface area contributed by atoms with Crippen LogP contribution >= 0.6 is 11.6 Å². The summed E-state index contributed by atoms with van der Waals surface area (Å²) in [7, 11) is -3.82. The van der Waals surface area contributed by atoms with Gasteiger partial charge in [0.2, 0.25) is 10.0 Å². The van der Waals surface area contributed by atoms with Gasteiger partial charge >= 0.3 is 6.61 Å². The summed E-state index contributed by atoms with van der Waals surface area (Å²) in [6.45, 7) is 1.03. The van der Waals surface area contributed by atoms with Crippen LogP contribution in [0, 0.1) is 0 Å². The molecule has 2 N–H and O–H groups in total. The second-order valence-corrected chi connectivity index (χ2v) is 10.2. The van der Waals surface area contributed by atoms with Crippen molar-refractivity contribution in [2.24, 2.45) is 5.14 Å². The highest BCUT2D eigenvalue weighted by molar-refractivity contribution is 7.88. The van der Waals surface area contributed by atoms with Crippen LogP contribution in [0.4, 0.5) is 8.78 Å². The summed E-state index contributed by atoms with van der Waals surface area (Å²) in [5, 5.41) is 5.72. The molecule has 0 fully saturated rings. The highest BCUT2D eigenvalue weighted by Crippen LogP contribution is 2.52. The maximum Gasteiger partial charge on any atom is 0.387 e. The van der Waals surface area contributed by atoms with Crippen molar-refractivity contribution in [3.8, 4) is 28.4 Å². The molecule has 7 nitrogen and oxygen atoms in total. The van der Waals surface area contributed by atoms with Crippen LogP contribution < -0.4 is 19.3 Å². The van der Waals surface area contributed by atoms with E-state index in [0.717, 1.165) is 0 Å². The Labute approximate surface area is 218 Å². The van der Waals surface area contributed by atoms with Crippen molar-refractivity contribution in [1.29, 1.82) is 0 Å². The quantitative estimate of drug-likeness (QED) is 0.251. The molecule has 0 bridgehead atoms. The van der Waals surface area contributed by atoms with Crippen LogP contribution in [0.1, 0.15) is 22.8 Å². The van der Waals surface area contributed by atoms with Gasteiger partial charge in [0.05, 0.1) is 24.5 Å². The molecular formula is C26H24ClF2NO6S. The highest BCUT2D eigenvalue weighted by atomic mass is 35.5. The lowest BCUT2D eigenvalue weighted by atomic mass is 9.88. The Balaban J connectivity index is 1.84. The van der Waals surface area contributed by atoms with Crippen molar-refractivity contribution in [2.75, 3.05) is 19.8 Å². The SMILES string of the molecule is C=CCOCCOc1ccc2c(c1OC(F)F)-c1ccc(CS(N)(=O)=O)cc1C(c1cccc(Cl)c1)O2. The van der Waals surface area contributed by atoms with Gasteiger partial charge in [-0.3, -0.25) is 0 Å². The van der Waals surface area contributed by atoms with E-state index in [2.05, 4.69) is 6.58 Å². The minimum atomic E-state index is -3.82. The van der Waals surface area contributed by atoms with E-state index in [1.807, 2.05) is 0 Å². The Bertz CT molecular complexity index is 1400. The molecule has 1 unspecified atom stereocenters. The lowest BCUT2D eigenvalue weighted by molar-refractivity contribution is -0.0514. The first kappa shape index (κ1) is 26.9. The molecule has 196 valence electrons. The van der Waals surface area contributed by atoms with Gasteiger partial charge in [0.25, 0.3) is 0 Å². The molecule has 0 amide bonds. The number of nitrogens with two attached hydrogens (primary N) is 1. The smallest absolute Gasteiger partial charge is 0.387 e. The van der Waals surface area contributed by atoms with Crippen LogP contribution in [0.15, 0.2) is 67.3 Å². The van der Waals surface area contributed by atoms with Crippen LogP contribution in [0.25, 0.3) is 11.1 Å². The third-order valence-electron chi connectivity index (χ3n) is 5.44. The molecule has 1 heterocycles. The Kier molecular flexibility index (Phi) is 8.33. The third kappa shape index (κ3) is 6.58. The van der Waals surface area contributed by atoms with E-state index >= 15 is 0 Å². The maximum atomic E-state index is 13.5. The first-order chi connectivity index (χ1) is 17.7. The van der Waals surface area contributed by atoms with Gasteiger partial charge in [0, 0.05) is 10.6 Å². The van der Waals surface area contributed by atoms with E-state index in [-0.39, 0.29) is 36.0 Å². The van der Waals surface area contributed by atoms with Crippen LogP contribution in [0.2, 0.25) is 5.02 Å². The topological polar surface area (TPSA) is 97.1 Å². The monoisotopic (exact) mass is 551 g/mol. The fourth-order valence-electron chi connectivity index (χ4n) is 4.08. The molecule has 3 aromatic rings. The number of hydrogen-bond donors (Lipinski definition) is 1. The molecule has 3 aromatic carbocycles. The van der Waals surface area contributed by atoms with Crippen molar-refractivity contribution in [2.45, 2.75) is 18.5 Å². The molecule has 0 saturated heterocycles. The fraction of sp³-hybridized carbons (Fsp3) is 0.231. The van der Waals surface area contributed by atoms with Crippen LogP contribution in [0.3, 0.4) is 0 Å². The second-order valence-electron chi connectivity index (χ2n) is 8.14. The van der Waals surface area contributed by atoms with E-state index < -0.39 is 28.5 Å². The molecule has 0 aliphatic carbocycles. The van der Waals surface area contributed by atoms with Gasteiger partial charge in [-0.1, -0.05) is 48.0 Å². The predicted octanol–water partition coefficient (Wildman–Crippen LogP) is 5.46. The summed E-state index contributed by atoms with van der Waals surface area (Å²) in [6, 6.07) is 14.9. The second kappa shape index (κ2) is 11.5. The van der Waals surface area contributed by atoms with E-state index in [9.17, 15) is 17.2 Å². The van der Waals surface area contributed by atoms with Crippen molar-refractivity contribution >= 4 is 21.6 Å². The lowest BCUT2D eigenvalue weighted by Gasteiger charge is -2.31. The predicted molar refractivity (Wildman–Crippen MR) is 136 cm³/mol. The summed E-state index contributed by atoms with van der Waals surface area (Å²) in [5.41, 5.74) is 2.38. The van der Waals surface area contributed by atoms with Gasteiger partial charge in [-0.2, -0.15) is 8.78 Å². The van der Waals surface area contributed by atoms with Crippen molar-refractivity contribution in [1.82, 2.24) is 0 Å². The number of hydrogen-bond acceptors (Lipinski definition) is 6. The fourth-order valence-corrected chi connectivity index (χ4v) is 4.93. The number of rotatable bonds is 11. The summed E-state index contributed by atoms with van der Waals surface area (Å²) < 4.78 is 72.7. The molecule has 0 radical (unpaired) electrons. The Hall–Kier alpha value is -3.18. The molecule has 0 aromatic heterocycles. The molecule has 1 aliphatic rings. The minimum Gasteiger partial charge on any atom is -0.487 e. The number of halogens is 3. The Morgan fingerprint density at radius 2 is 1.95 bits per heavy atom. The molecule has 0 saturated carbocycles. The standard InChI is InChI=1S/C26H24ClF2NO6S/c1-2-10-33-11-12-34-22-9-8-21-23(25(22)36-26(28)29)19-7-6-16(15-37(30,31)32)13-20(19)24(35-21)17-4-3-5-18(27)14-17/h2-9,13-14,24,26H,1,10-12,15H2,(H2,30,31,32). The summed E-state index contributed by atoms with van der Waals surface area (Å²) in [6.07, 6.45) is 0.874. The van der Waals surface area contributed by atoms with Crippen LogP contribution in [0.5, 0.6) is 17.2 Å². The molecule has 1 atom stereocenters. The van der Waals surface area contributed by atoms with Crippen molar-refractivity contribution < 1.29 is 36.1 Å². The van der Waals surface area contributed by atoms with Gasteiger partial charge < -0.3 is 18.9 Å². The summed E-state index contributed by atoms with van der Waals surface area (Å²) >= 11 is 6.21. The van der Waals surface area contributed by atoms with Gasteiger partial charge in [0.1, 0.15) is 18.5 Å². The normalized spacial score (nSPS) is 14.5. The van der Waals surface area contributed by atoms with Gasteiger partial charge in [-0.15, -0.1) is 6.58 Å². The maximum absolute atomic E-state index is 13.5. The Morgan fingerprint density at radius 1 is 1.14 bits per heavy atom. The number of primary sulfonamides is 1. The molecule has 1 aliphatic heterocycles. The zero-order valence-corrected chi connectivity index (χ0v) is 21.1. The molecule has 4 rings (SSSR count). The number of benzene rings is 3. The molecule has 0 spiro atoms. The minimum absolute atomic E-state index is 0.0746. The zero-order valence-electron chi connectivity index (χ0n) is 19.5. The van der Waals surface area contributed by atoms with E-state index in [1.54, 1.807) is 54.6 Å². The number of ether oxygens (including phenoxy) is 4. The highest BCUT2D eigenvalue weighted by Gasteiger charge is 2.33. The third-order valence-corrected chi connectivity index (χ3v) is 6.41. The van der Waals surface area contributed by atoms with Crippen LogP contribution in [-0.4, -0.2) is 34.8 Å². The lowest BCUT2D eigenvalue weighted by Crippen LogP contribution is -2.19. The summed E-state index contributed by atoms with van der Waals surface area (Å²) in [5.74, 6) is -0.265. The van der Waals surface area contributed by atoms with Crippen molar-refractivity contribution in [3.05, 3.63) is 89.0 Å². The van der Waals surface area contributed by atoms with Gasteiger partial charge in [0.15, 0.2) is 11.5 Å². The number of fused-ring (bicyclic) bond motifs is 3. The van der Waals surface area contributed by atoms with Gasteiger partial charge in [-0.25, -0.2) is 13.6 Å². The average Bonchev–Trinajstić information content (AvgIpc) is 2.83. The first-order valence-electron chi connectivity index (χ1n) is 11.2. The first-order valence-corrected chi connectivity index (χ1v) is 13.2. The average molecular weight is 552 g/mol. The molecule has 37 heavy (non-hydrogen) atoms. The number of sulfonamides is 1. The van der Waals surface area contributed by atoms with Crippen LogP contribution in [-0.2, 0) is 20.5 Å². The zero-order chi connectivity index (χ0) is 26.6. The Morgan fingerprint density at radius 3 is 2.65 bits per heavy atom. The molecule has 11 heteroatoms. The van der Waals surface area contributed by atoms with Crippen molar-refractivity contribution in [3.63, 3.8) is 0 Å². The molecular weight excluding hydrogens is 528 g/mol. The van der Waals surface area contributed by atoms with E-state index in [0.29, 0.717) is 33.9 Å². The summed E-state index contributed by atoms with van der Waals surface area (Å²) in [4.78, 5) is 0. The van der Waals surface area contributed by atoms with Gasteiger partial charge in [-0.05, 0) is 41.0 Å².